The number of nitrogens with one attached hydrogen (secondary N) is 1. The zero-order valence-electron chi connectivity index (χ0n) is 14.1. The van der Waals surface area contributed by atoms with Crippen LogP contribution in [0.4, 0.5) is 11.5 Å². The Morgan fingerprint density at radius 3 is 2.62 bits per heavy atom. The van der Waals surface area contributed by atoms with Crippen LogP contribution in [0.15, 0.2) is 41.0 Å². The lowest BCUT2D eigenvalue weighted by atomic mass is 10.0. The highest BCUT2D eigenvalue weighted by molar-refractivity contribution is 9.10. The van der Waals surface area contributed by atoms with Crippen molar-refractivity contribution in [2.75, 3.05) is 18.4 Å². The number of halogens is 1. The lowest BCUT2D eigenvalue weighted by molar-refractivity contribution is -0.384. The Hall–Kier alpha value is -2.50. The van der Waals surface area contributed by atoms with Gasteiger partial charge in [-0.25, -0.2) is 4.98 Å². The second-order valence-electron chi connectivity index (χ2n) is 6.25. The van der Waals surface area contributed by atoms with E-state index >= 15 is 0 Å². The van der Waals surface area contributed by atoms with Crippen molar-refractivity contribution in [1.82, 2.24) is 9.88 Å². The fraction of sp³-hybridized carbons (Fsp3) is 0.333. The lowest BCUT2D eigenvalue weighted by Gasteiger charge is -2.32. The summed E-state index contributed by atoms with van der Waals surface area (Å²) in [7, 11) is 0. The number of nitro groups is 1. The van der Waals surface area contributed by atoms with Crippen LogP contribution >= 0.6 is 15.9 Å². The summed E-state index contributed by atoms with van der Waals surface area (Å²) in [5, 5.41) is 23.5. The zero-order chi connectivity index (χ0) is 18.5. The number of nitrogens with zero attached hydrogens (tertiary/aromatic N) is 4. The second-order valence-corrected chi connectivity index (χ2v) is 7.16. The molecular weight excluding hydrogens is 398 g/mol. The molecule has 0 atom stereocenters. The molecule has 0 bridgehead atoms. The van der Waals surface area contributed by atoms with Gasteiger partial charge >= 0.3 is 5.69 Å². The minimum atomic E-state index is -0.545. The molecule has 1 aromatic heterocycles. The molecule has 1 fully saturated rings. The third-order valence-corrected chi connectivity index (χ3v) is 5.00. The van der Waals surface area contributed by atoms with Gasteiger partial charge in [-0.05, 0) is 36.6 Å². The molecular formula is C18H18BrN5O2. The minimum Gasteiger partial charge on any atom is -0.361 e. The van der Waals surface area contributed by atoms with Crippen LogP contribution in [0.25, 0.3) is 0 Å². The summed E-state index contributed by atoms with van der Waals surface area (Å²) >= 11 is 3.44. The van der Waals surface area contributed by atoms with Crippen LogP contribution in [-0.4, -0.2) is 33.9 Å². The molecule has 134 valence electrons. The van der Waals surface area contributed by atoms with Crippen molar-refractivity contribution < 1.29 is 4.92 Å². The maximum Gasteiger partial charge on any atom is 0.328 e. The molecule has 0 saturated carbocycles. The second kappa shape index (κ2) is 8.25. The first-order valence-corrected chi connectivity index (χ1v) is 9.13. The van der Waals surface area contributed by atoms with Gasteiger partial charge in [0.2, 0.25) is 5.82 Å². The highest BCUT2D eigenvalue weighted by Crippen LogP contribution is 2.28. The number of benzene rings is 1. The number of piperidine rings is 1. The predicted octanol–water partition coefficient (Wildman–Crippen LogP) is 3.70. The van der Waals surface area contributed by atoms with Crippen LogP contribution in [-0.2, 0) is 6.54 Å². The average molecular weight is 416 g/mol. The highest BCUT2D eigenvalue weighted by atomic mass is 79.9. The van der Waals surface area contributed by atoms with Gasteiger partial charge in [-0.3, -0.25) is 15.0 Å². The van der Waals surface area contributed by atoms with Gasteiger partial charge < -0.3 is 5.32 Å². The van der Waals surface area contributed by atoms with Crippen molar-refractivity contribution in [3.05, 3.63) is 62.2 Å². The van der Waals surface area contributed by atoms with Crippen LogP contribution in [0.3, 0.4) is 0 Å². The van der Waals surface area contributed by atoms with E-state index in [1.165, 1.54) is 17.8 Å². The molecule has 1 aliphatic heterocycles. The smallest absolute Gasteiger partial charge is 0.328 e. The van der Waals surface area contributed by atoms with Gasteiger partial charge in [0.25, 0.3) is 0 Å². The van der Waals surface area contributed by atoms with Gasteiger partial charge in [0, 0.05) is 36.3 Å². The van der Waals surface area contributed by atoms with Crippen LogP contribution in [0.5, 0.6) is 0 Å². The van der Waals surface area contributed by atoms with Crippen molar-refractivity contribution >= 4 is 27.4 Å². The van der Waals surface area contributed by atoms with Crippen LogP contribution < -0.4 is 5.32 Å². The first-order valence-electron chi connectivity index (χ1n) is 8.33. The Kier molecular flexibility index (Phi) is 5.81. The molecule has 0 aliphatic carbocycles. The minimum absolute atomic E-state index is 0.0279. The van der Waals surface area contributed by atoms with Crippen molar-refractivity contribution in [3.63, 3.8) is 0 Å². The number of hydrogen-bond acceptors (Lipinski definition) is 6. The summed E-state index contributed by atoms with van der Waals surface area (Å²) in [4.78, 5) is 17.2. The molecule has 1 aromatic carbocycles. The molecule has 7 nitrogen and oxygen atoms in total. The first-order chi connectivity index (χ1) is 12.6. The van der Waals surface area contributed by atoms with Crippen LogP contribution in [0.1, 0.15) is 24.0 Å². The van der Waals surface area contributed by atoms with E-state index in [1.54, 1.807) is 0 Å². The van der Waals surface area contributed by atoms with Gasteiger partial charge in [0.15, 0.2) is 0 Å². The molecule has 0 spiro atoms. The third-order valence-electron chi connectivity index (χ3n) is 4.48. The molecule has 1 aliphatic rings. The van der Waals surface area contributed by atoms with E-state index in [9.17, 15) is 10.1 Å². The molecule has 0 unspecified atom stereocenters. The molecule has 0 amide bonds. The van der Waals surface area contributed by atoms with Crippen LogP contribution in [0.2, 0.25) is 0 Å². The molecule has 2 heterocycles. The van der Waals surface area contributed by atoms with E-state index in [2.05, 4.69) is 43.3 Å². The van der Waals surface area contributed by atoms with Crippen molar-refractivity contribution in [1.29, 1.82) is 5.26 Å². The van der Waals surface area contributed by atoms with Gasteiger partial charge in [0.1, 0.15) is 11.6 Å². The predicted molar refractivity (Wildman–Crippen MR) is 102 cm³/mol. The van der Waals surface area contributed by atoms with E-state index in [1.807, 2.05) is 18.2 Å². The Bertz CT molecular complexity index is 826. The van der Waals surface area contributed by atoms with Gasteiger partial charge in [0.05, 0.1) is 4.92 Å². The molecule has 1 N–H and O–H groups in total. The van der Waals surface area contributed by atoms with Gasteiger partial charge in [-0.1, -0.05) is 28.1 Å². The van der Waals surface area contributed by atoms with Gasteiger partial charge in [-0.15, -0.1) is 0 Å². The number of aromatic nitrogens is 1. The Labute approximate surface area is 159 Å². The van der Waals surface area contributed by atoms with E-state index in [-0.39, 0.29) is 23.1 Å². The van der Waals surface area contributed by atoms with Crippen molar-refractivity contribution in [2.24, 2.45) is 0 Å². The molecule has 3 rings (SSSR count). The van der Waals surface area contributed by atoms with E-state index in [0.717, 1.165) is 36.9 Å². The lowest BCUT2D eigenvalue weighted by Crippen LogP contribution is -2.38. The van der Waals surface area contributed by atoms with E-state index in [4.69, 9.17) is 5.26 Å². The summed E-state index contributed by atoms with van der Waals surface area (Å²) in [6.07, 6.45) is 3.16. The standard InChI is InChI=1S/C18H18BrN5O2/c19-15-3-1-13(2-4-15)12-23-9-6-16(7-10-23)22-18-17(24(25)26)14(11-20)5-8-21-18/h1-5,8,16H,6-7,9-10,12H2,(H,21,22). The molecule has 26 heavy (non-hydrogen) atoms. The zero-order valence-corrected chi connectivity index (χ0v) is 15.6. The summed E-state index contributed by atoms with van der Waals surface area (Å²) in [5.74, 6) is 0.181. The van der Waals surface area contributed by atoms with Gasteiger partial charge in [-0.2, -0.15) is 5.26 Å². The fourth-order valence-corrected chi connectivity index (χ4v) is 3.38. The number of pyridine rings is 1. The SMILES string of the molecule is N#Cc1ccnc(NC2CCN(Cc3ccc(Br)cc3)CC2)c1[N+](=O)[O-]. The van der Waals surface area contributed by atoms with Crippen molar-refractivity contribution in [3.8, 4) is 6.07 Å². The summed E-state index contributed by atoms with van der Waals surface area (Å²) in [5.41, 5.74) is 1.05. The number of likely N-dealkylation sites (tertiary alicyclic amines) is 1. The topological polar surface area (TPSA) is 95.1 Å². The quantitative estimate of drug-likeness (QED) is 0.590. The summed E-state index contributed by atoms with van der Waals surface area (Å²) in [6, 6.07) is 11.6. The molecule has 1 saturated heterocycles. The van der Waals surface area contributed by atoms with Crippen LogP contribution in [0, 0.1) is 21.4 Å². The Morgan fingerprint density at radius 2 is 2.00 bits per heavy atom. The summed E-state index contributed by atoms with van der Waals surface area (Å²) < 4.78 is 1.07. The molecule has 2 aromatic rings. The number of hydrogen-bond donors (Lipinski definition) is 1. The first kappa shape index (κ1) is 18.3. The number of nitriles is 1. The Morgan fingerprint density at radius 1 is 1.31 bits per heavy atom. The molecule has 8 heteroatoms. The summed E-state index contributed by atoms with van der Waals surface area (Å²) in [6.45, 7) is 2.70. The van der Waals surface area contributed by atoms with E-state index < -0.39 is 4.92 Å². The molecule has 0 radical (unpaired) electrons. The highest BCUT2D eigenvalue weighted by Gasteiger charge is 2.25. The largest absolute Gasteiger partial charge is 0.361 e. The monoisotopic (exact) mass is 415 g/mol. The number of anilines is 1. The maximum atomic E-state index is 11.3. The van der Waals surface area contributed by atoms with Crippen molar-refractivity contribution in [2.45, 2.75) is 25.4 Å². The van der Waals surface area contributed by atoms with E-state index in [0.29, 0.717) is 0 Å². The normalized spacial score (nSPS) is 15.4. The fourth-order valence-electron chi connectivity index (χ4n) is 3.11. The third kappa shape index (κ3) is 4.36. The maximum absolute atomic E-state index is 11.3. The Balaban J connectivity index is 1.60. The average Bonchev–Trinajstić information content (AvgIpc) is 2.64. The number of rotatable bonds is 5.